The van der Waals surface area contributed by atoms with Crippen LogP contribution in [0.3, 0.4) is 0 Å². The molecule has 0 aliphatic carbocycles. The zero-order valence-electron chi connectivity index (χ0n) is 9.06. The molecule has 0 heterocycles. The van der Waals surface area contributed by atoms with Crippen LogP contribution in [0.2, 0.25) is 0 Å². The molecule has 0 saturated carbocycles. The molecular weight excluding hydrogens is 208 g/mol. The summed E-state index contributed by atoms with van der Waals surface area (Å²) in [6.07, 6.45) is 1.70. The molecule has 0 aromatic heterocycles. The normalized spacial score (nSPS) is 9.81. The standard InChI is InChI=1S/C12H13O4/c1-2-15-7-8-16-12(14)11-6-4-3-5-10(11)9-13/h3-6H,2,7-8H2,1H3. The topological polar surface area (TPSA) is 52.6 Å². The second kappa shape index (κ2) is 6.74. The van der Waals surface area contributed by atoms with Crippen molar-refractivity contribution in [2.75, 3.05) is 19.8 Å². The van der Waals surface area contributed by atoms with Gasteiger partial charge in [0.2, 0.25) is 6.29 Å². The molecule has 0 saturated heterocycles. The maximum Gasteiger partial charge on any atom is 0.338 e. The zero-order chi connectivity index (χ0) is 11.8. The Labute approximate surface area is 94.2 Å². The molecule has 0 bridgehead atoms. The fourth-order valence-corrected chi connectivity index (χ4v) is 1.17. The van der Waals surface area contributed by atoms with E-state index in [4.69, 9.17) is 9.47 Å². The van der Waals surface area contributed by atoms with Gasteiger partial charge in [-0.05, 0) is 13.0 Å². The van der Waals surface area contributed by atoms with Gasteiger partial charge in [0.25, 0.3) is 0 Å². The van der Waals surface area contributed by atoms with Crippen molar-refractivity contribution in [1.82, 2.24) is 0 Å². The Balaban J connectivity index is 2.55. The summed E-state index contributed by atoms with van der Waals surface area (Å²) in [5, 5.41) is 0. The van der Waals surface area contributed by atoms with Crippen LogP contribution in [-0.4, -0.2) is 32.1 Å². The van der Waals surface area contributed by atoms with Crippen LogP contribution in [0.1, 0.15) is 22.8 Å². The highest BCUT2D eigenvalue weighted by molar-refractivity contribution is 5.98. The summed E-state index contributed by atoms with van der Waals surface area (Å²) in [6.45, 7) is 2.98. The first-order chi connectivity index (χ1) is 7.79. The lowest BCUT2D eigenvalue weighted by Crippen LogP contribution is -2.12. The largest absolute Gasteiger partial charge is 0.460 e. The first-order valence-electron chi connectivity index (χ1n) is 5.01. The van der Waals surface area contributed by atoms with Gasteiger partial charge in [0.1, 0.15) is 6.61 Å². The molecule has 0 spiro atoms. The van der Waals surface area contributed by atoms with E-state index in [1.807, 2.05) is 6.92 Å². The lowest BCUT2D eigenvalue weighted by atomic mass is 10.1. The molecular formula is C12H13O4. The molecule has 85 valence electrons. The Kier molecular flexibility index (Phi) is 5.22. The molecule has 4 nitrogen and oxygen atoms in total. The third kappa shape index (κ3) is 3.47. The third-order valence-corrected chi connectivity index (χ3v) is 1.92. The third-order valence-electron chi connectivity index (χ3n) is 1.92. The van der Waals surface area contributed by atoms with Crippen molar-refractivity contribution in [1.29, 1.82) is 0 Å². The van der Waals surface area contributed by atoms with Gasteiger partial charge < -0.3 is 9.47 Å². The molecule has 0 aliphatic heterocycles. The van der Waals surface area contributed by atoms with Crippen molar-refractivity contribution in [3.63, 3.8) is 0 Å². The number of esters is 1. The lowest BCUT2D eigenvalue weighted by Gasteiger charge is -2.05. The fourth-order valence-electron chi connectivity index (χ4n) is 1.17. The van der Waals surface area contributed by atoms with Crippen LogP contribution in [0, 0.1) is 0 Å². The molecule has 0 N–H and O–H groups in total. The molecule has 1 aromatic carbocycles. The van der Waals surface area contributed by atoms with Gasteiger partial charge in [0.15, 0.2) is 0 Å². The quantitative estimate of drug-likeness (QED) is 0.537. The fraction of sp³-hybridized carbons (Fsp3) is 0.333. The van der Waals surface area contributed by atoms with Gasteiger partial charge in [-0.3, -0.25) is 4.79 Å². The smallest absolute Gasteiger partial charge is 0.338 e. The van der Waals surface area contributed by atoms with Crippen molar-refractivity contribution in [2.45, 2.75) is 6.92 Å². The Hall–Kier alpha value is -1.68. The van der Waals surface area contributed by atoms with E-state index < -0.39 is 5.97 Å². The average Bonchev–Trinajstić information content (AvgIpc) is 2.34. The summed E-state index contributed by atoms with van der Waals surface area (Å²) in [4.78, 5) is 22.1. The summed E-state index contributed by atoms with van der Waals surface area (Å²) in [5.74, 6) is -0.529. The summed E-state index contributed by atoms with van der Waals surface area (Å²) in [7, 11) is 0. The van der Waals surface area contributed by atoms with Crippen LogP contribution >= 0.6 is 0 Å². The number of carbonyl (C=O) groups is 1. The van der Waals surface area contributed by atoms with E-state index >= 15 is 0 Å². The summed E-state index contributed by atoms with van der Waals surface area (Å²) < 4.78 is 9.95. The van der Waals surface area contributed by atoms with Crippen molar-refractivity contribution >= 4 is 12.3 Å². The summed E-state index contributed by atoms with van der Waals surface area (Å²) in [6, 6.07) is 6.38. The number of carbonyl (C=O) groups excluding carboxylic acids is 2. The van der Waals surface area contributed by atoms with E-state index in [0.29, 0.717) is 13.2 Å². The number of benzene rings is 1. The lowest BCUT2D eigenvalue weighted by molar-refractivity contribution is 0.0335. The van der Waals surface area contributed by atoms with Crippen molar-refractivity contribution in [3.8, 4) is 0 Å². The van der Waals surface area contributed by atoms with Gasteiger partial charge in [0, 0.05) is 12.2 Å². The van der Waals surface area contributed by atoms with Gasteiger partial charge in [-0.15, -0.1) is 0 Å². The van der Waals surface area contributed by atoms with Gasteiger partial charge in [-0.25, -0.2) is 4.79 Å². The molecule has 0 aliphatic rings. The Morgan fingerprint density at radius 3 is 2.75 bits per heavy atom. The Bertz CT molecular complexity index is 360. The van der Waals surface area contributed by atoms with Gasteiger partial charge >= 0.3 is 5.97 Å². The minimum Gasteiger partial charge on any atom is -0.460 e. The van der Waals surface area contributed by atoms with E-state index in [2.05, 4.69) is 0 Å². The second-order valence-corrected chi connectivity index (χ2v) is 2.98. The number of hydrogen-bond acceptors (Lipinski definition) is 4. The van der Waals surface area contributed by atoms with Crippen LogP contribution < -0.4 is 0 Å². The second-order valence-electron chi connectivity index (χ2n) is 2.98. The van der Waals surface area contributed by atoms with Crippen LogP contribution in [-0.2, 0) is 14.3 Å². The van der Waals surface area contributed by atoms with E-state index in [-0.39, 0.29) is 17.7 Å². The number of ether oxygens (including phenoxy) is 2. The molecule has 0 amide bonds. The molecule has 4 heteroatoms. The van der Waals surface area contributed by atoms with Crippen molar-refractivity contribution < 1.29 is 19.1 Å². The highest BCUT2D eigenvalue weighted by atomic mass is 16.6. The first kappa shape index (κ1) is 12.4. The SMILES string of the molecule is CCOCCOC(=O)c1ccccc1[C]=O. The van der Waals surface area contributed by atoms with Crippen molar-refractivity contribution in [2.24, 2.45) is 0 Å². The zero-order valence-corrected chi connectivity index (χ0v) is 9.06. The van der Waals surface area contributed by atoms with Crippen LogP contribution in [0.15, 0.2) is 24.3 Å². The molecule has 1 radical (unpaired) electrons. The molecule has 0 unspecified atom stereocenters. The first-order valence-corrected chi connectivity index (χ1v) is 5.01. The molecule has 0 atom stereocenters. The van der Waals surface area contributed by atoms with Crippen LogP contribution in [0.4, 0.5) is 0 Å². The maximum atomic E-state index is 11.5. The van der Waals surface area contributed by atoms with E-state index in [9.17, 15) is 9.59 Å². The van der Waals surface area contributed by atoms with E-state index in [0.717, 1.165) is 0 Å². The van der Waals surface area contributed by atoms with Gasteiger partial charge in [-0.1, -0.05) is 18.2 Å². The average molecular weight is 221 g/mol. The molecule has 1 rings (SSSR count). The Morgan fingerprint density at radius 2 is 2.06 bits per heavy atom. The predicted octanol–water partition coefficient (Wildman–Crippen LogP) is 1.34. The molecule has 0 fully saturated rings. The molecule has 16 heavy (non-hydrogen) atoms. The Morgan fingerprint density at radius 1 is 1.31 bits per heavy atom. The highest BCUT2D eigenvalue weighted by Gasteiger charge is 2.11. The van der Waals surface area contributed by atoms with Crippen molar-refractivity contribution in [3.05, 3.63) is 35.4 Å². The minimum absolute atomic E-state index is 0.180. The summed E-state index contributed by atoms with van der Waals surface area (Å²) >= 11 is 0. The summed E-state index contributed by atoms with van der Waals surface area (Å²) in [5.41, 5.74) is 0.443. The number of hydrogen-bond donors (Lipinski definition) is 0. The van der Waals surface area contributed by atoms with Gasteiger partial charge in [0.05, 0.1) is 12.2 Å². The van der Waals surface area contributed by atoms with Crippen LogP contribution in [0.25, 0.3) is 0 Å². The predicted molar refractivity (Wildman–Crippen MR) is 58.0 cm³/mol. The van der Waals surface area contributed by atoms with Gasteiger partial charge in [-0.2, -0.15) is 0 Å². The number of rotatable bonds is 6. The monoisotopic (exact) mass is 221 g/mol. The highest BCUT2D eigenvalue weighted by Crippen LogP contribution is 2.07. The maximum absolute atomic E-state index is 11.5. The van der Waals surface area contributed by atoms with Crippen LogP contribution in [0.5, 0.6) is 0 Å². The molecule has 1 aromatic rings. The van der Waals surface area contributed by atoms with E-state index in [1.54, 1.807) is 18.4 Å². The van der Waals surface area contributed by atoms with E-state index in [1.165, 1.54) is 12.1 Å². The minimum atomic E-state index is -0.529.